The second kappa shape index (κ2) is 6.75. The minimum Gasteiger partial charge on any atom is -0.476 e. The average molecular weight is 269 g/mol. The van der Waals surface area contributed by atoms with Crippen molar-refractivity contribution in [3.05, 3.63) is 28.7 Å². The first kappa shape index (κ1) is 14.2. The minimum absolute atomic E-state index is 0.00395. The van der Waals surface area contributed by atoms with Gasteiger partial charge in [0, 0.05) is 19.0 Å². The van der Waals surface area contributed by atoms with Crippen molar-refractivity contribution in [3.63, 3.8) is 0 Å². The molecule has 0 atom stereocenters. The molecule has 18 heavy (non-hydrogen) atoms. The van der Waals surface area contributed by atoms with Gasteiger partial charge in [0.1, 0.15) is 5.01 Å². The zero-order valence-corrected chi connectivity index (χ0v) is 10.9. The first-order chi connectivity index (χ1) is 8.54. The van der Waals surface area contributed by atoms with Crippen LogP contribution in [0, 0.1) is 0 Å². The fraction of sp³-hybridized carbons (Fsp3) is 0.364. The Balaban J connectivity index is 2.41. The van der Waals surface area contributed by atoms with Gasteiger partial charge in [0.05, 0.1) is 6.54 Å². The monoisotopic (exact) mass is 269 g/mol. The maximum absolute atomic E-state index is 11.6. The molecule has 1 heterocycles. The van der Waals surface area contributed by atoms with Crippen LogP contribution in [0.5, 0.6) is 0 Å². The van der Waals surface area contributed by atoms with Gasteiger partial charge < -0.3 is 15.3 Å². The van der Waals surface area contributed by atoms with Gasteiger partial charge in [0.15, 0.2) is 5.69 Å². The highest BCUT2D eigenvalue weighted by Crippen LogP contribution is 2.09. The summed E-state index contributed by atoms with van der Waals surface area (Å²) in [7, 11) is 1.68. The lowest BCUT2D eigenvalue weighted by atomic mass is 10.4. The van der Waals surface area contributed by atoms with Crippen LogP contribution in [0.1, 0.15) is 21.9 Å². The summed E-state index contributed by atoms with van der Waals surface area (Å²) in [4.78, 5) is 27.6. The number of aromatic nitrogens is 1. The predicted molar refractivity (Wildman–Crippen MR) is 68.8 cm³/mol. The van der Waals surface area contributed by atoms with Crippen molar-refractivity contribution >= 4 is 23.3 Å². The van der Waals surface area contributed by atoms with Crippen molar-refractivity contribution in [1.29, 1.82) is 0 Å². The molecule has 0 spiro atoms. The molecular weight excluding hydrogens is 254 g/mol. The summed E-state index contributed by atoms with van der Waals surface area (Å²) >= 11 is 1.21. The lowest BCUT2D eigenvalue weighted by Crippen LogP contribution is -2.37. The summed E-state index contributed by atoms with van der Waals surface area (Å²) in [5, 5.41) is 13.4. The second-order valence-corrected chi connectivity index (χ2v) is 4.53. The highest BCUT2D eigenvalue weighted by atomic mass is 32.1. The molecule has 6 nitrogen and oxygen atoms in total. The van der Waals surface area contributed by atoms with Gasteiger partial charge in [-0.3, -0.25) is 0 Å². The minimum atomic E-state index is -1.06. The Morgan fingerprint density at radius 2 is 2.39 bits per heavy atom. The Bertz CT molecular complexity index is 444. The zero-order chi connectivity index (χ0) is 13.5. The molecule has 0 unspecified atom stereocenters. The number of carbonyl (C=O) groups is 2. The molecule has 0 aliphatic carbocycles. The van der Waals surface area contributed by atoms with Crippen molar-refractivity contribution in [2.24, 2.45) is 0 Å². The maximum Gasteiger partial charge on any atom is 0.355 e. The first-order valence-electron chi connectivity index (χ1n) is 5.32. The van der Waals surface area contributed by atoms with Crippen molar-refractivity contribution in [2.45, 2.75) is 13.0 Å². The SMILES string of the molecule is C=CCCN(C)C(=O)NCc1nc(C(=O)O)cs1. The molecule has 0 saturated carbocycles. The number of hydrogen-bond acceptors (Lipinski definition) is 4. The number of nitrogens with zero attached hydrogens (tertiary/aromatic N) is 2. The van der Waals surface area contributed by atoms with Crippen molar-refractivity contribution < 1.29 is 14.7 Å². The third kappa shape index (κ3) is 4.17. The van der Waals surface area contributed by atoms with E-state index < -0.39 is 5.97 Å². The van der Waals surface area contributed by atoms with Gasteiger partial charge in [-0.25, -0.2) is 14.6 Å². The molecule has 2 amide bonds. The van der Waals surface area contributed by atoms with Crippen LogP contribution in [-0.4, -0.2) is 40.6 Å². The number of carbonyl (C=O) groups excluding carboxylic acids is 1. The maximum atomic E-state index is 11.6. The zero-order valence-electron chi connectivity index (χ0n) is 10.0. The van der Waals surface area contributed by atoms with Crippen molar-refractivity contribution in [2.75, 3.05) is 13.6 Å². The summed E-state index contributed by atoms with van der Waals surface area (Å²) in [6, 6.07) is -0.219. The highest BCUT2D eigenvalue weighted by Gasteiger charge is 2.11. The number of hydrogen-bond donors (Lipinski definition) is 2. The van der Waals surface area contributed by atoms with E-state index in [2.05, 4.69) is 16.9 Å². The average Bonchev–Trinajstić information content (AvgIpc) is 2.81. The summed E-state index contributed by atoms with van der Waals surface area (Å²) < 4.78 is 0. The number of carboxylic acids is 1. The Hall–Kier alpha value is -1.89. The van der Waals surface area contributed by atoms with Crippen LogP contribution in [0.4, 0.5) is 4.79 Å². The fourth-order valence-corrected chi connectivity index (χ4v) is 1.87. The molecule has 1 rings (SSSR count). The van der Waals surface area contributed by atoms with Crippen molar-refractivity contribution in [3.8, 4) is 0 Å². The van der Waals surface area contributed by atoms with E-state index in [1.807, 2.05) is 0 Å². The number of urea groups is 1. The Morgan fingerprint density at radius 3 is 2.94 bits per heavy atom. The van der Waals surface area contributed by atoms with E-state index >= 15 is 0 Å². The molecule has 0 fully saturated rings. The summed E-state index contributed by atoms with van der Waals surface area (Å²) in [5.74, 6) is -1.06. The van der Waals surface area contributed by atoms with Crippen molar-refractivity contribution in [1.82, 2.24) is 15.2 Å². The van der Waals surface area contributed by atoms with E-state index in [0.717, 1.165) is 6.42 Å². The van der Waals surface area contributed by atoms with Crippen LogP contribution in [0.2, 0.25) is 0 Å². The lowest BCUT2D eigenvalue weighted by Gasteiger charge is -2.16. The molecule has 0 aliphatic rings. The van der Waals surface area contributed by atoms with E-state index in [9.17, 15) is 9.59 Å². The number of aromatic carboxylic acids is 1. The molecular formula is C11H15N3O3S. The van der Waals surface area contributed by atoms with Gasteiger partial charge in [0.25, 0.3) is 0 Å². The Morgan fingerprint density at radius 1 is 1.67 bits per heavy atom. The largest absolute Gasteiger partial charge is 0.476 e. The van der Waals surface area contributed by atoms with Gasteiger partial charge in [-0.05, 0) is 6.42 Å². The van der Waals surface area contributed by atoms with Crippen LogP contribution in [0.15, 0.2) is 18.0 Å². The Labute approximate surface area is 109 Å². The van der Waals surface area contributed by atoms with Gasteiger partial charge in [-0.2, -0.15) is 0 Å². The molecule has 0 radical (unpaired) electrons. The first-order valence-corrected chi connectivity index (χ1v) is 6.20. The lowest BCUT2D eigenvalue weighted by molar-refractivity contribution is 0.0691. The van der Waals surface area contributed by atoms with Gasteiger partial charge >= 0.3 is 12.0 Å². The van der Waals surface area contributed by atoms with Crippen LogP contribution >= 0.6 is 11.3 Å². The van der Waals surface area contributed by atoms with E-state index in [4.69, 9.17) is 5.11 Å². The normalized spacial score (nSPS) is 9.83. The molecule has 0 aromatic carbocycles. The van der Waals surface area contributed by atoms with E-state index in [1.165, 1.54) is 21.6 Å². The molecule has 0 saturated heterocycles. The van der Waals surface area contributed by atoms with Gasteiger partial charge in [0.2, 0.25) is 0 Å². The van der Waals surface area contributed by atoms with E-state index in [1.54, 1.807) is 13.1 Å². The molecule has 2 N–H and O–H groups in total. The molecule has 1 aromatic rings. The number of amides is 2. The van der Waals surface area contributed by atoms with Crippen LogP contribution < -0.4 is 5.32 Å². The number of nitrogens with one attached hydrogen (secondary N) is 1. The third-order valence-electron chi connectivity index (χ3n) is 2.18. The van der Waals surface area contributed by atoms with E-state index in [-0.39, 0.29) is 18.3 Å². The third-order valence-corrected chi connectivity index (χ3v) is 3.03. The molecule has 1 aromatic heterocycles. The second-order valence-electron chi connectivity index (χ2n) is 3.59. The number of thiazole rings is 1. The number of rotatable bonds is 6. The van der Waals surface area contributed by atoms with Crippen LogP contribution in [-0.2, 0) is 6.54 Å². The fourth-order valence-electron chi connectivity index (χ4n) is 1.16. The molecule has 0 bridgehead atoms. The van der Waals surface area contributed by atoms with Gasteiger partial charge in [-0.1, -0.05) is 6.08 Å². The van der Waals surface area contributed by atoms with Crippen LogP contribution in [0.3, 0.4) is 0 Å². The number of carboxylic acid groups (broad SMARTS) is 1. The Kier molecular flexibility index (Phi) is 5.31. The predicted octanol–water partition coefficient (Wildman–Crippen LogP) is 1.56. The summed E-state index contributed by atoms with van der Waals surface area (Å²) in [5.41, 5.74) is 0.00395. The van der Waals surface area contributed by atoms with Crippen LogP contribution in [0.25, 0.3) is 0 Å². The molecule has 7 heteroatoms. The quantitative estimate of drug-likeness (QED) is 0.768. The highest BCUT2D eigenvalue weighted by molar-refractivity contribution is 7.09. The molecule has 0 aliphatic heterocycles. The van der Waals surface area contributed by atoms with Gasteiger partial charge in [-0.15, -0.1) is 17.9 Å². The summed E-state index contributed by atoms with van der Waals surface area (Å²) in [6.07, 6.45) is 2.47. The standard InChI is InChI=1S/C11H15N3O3S/c1-3-4-5-14(2)11(17)12-6-9-13-8(7-18-9)10(15)16/h3,7H,1,4-6H2,2H3,(H,12,17)(H,15,16). The molecule has 98 valence electrons. The van der Waals surface area contributed by atoms with E-state index in [0.29, 0.717) is 11.6 Å². The smallest absolute Gasteiger partial charge is 0.355 e. The summed E-state index contributed by atoms with van der Waals surface area (Å²) in [6.45, 7) is 4.40. The topological polar surface area (TPSA) is 82.5 Å².